The number of alkyl halides is 2. The van der Waals surface area contributed by atoms with Crippen LogP contribution in [-0.2, 0) is 24.8 Å². The highest BCUT2D eigenvalue weighted by Gasteiger charge is 2.60. The number of carbonyl (C=O) groups excluding carboxylic acids is 1. The van der Waals surface area contributed by atoms with Crippen molar-refractivity contribution in [2.75, 3.05) is 0 Å². The van der Waals surface area contributed by atoms with Crippen LogP contribution in [0.2, 0.25) is 0 Å². The molecule has 4 aromatic rings. The van der Waals surface area contributed by atoms with Gasteiger partial charge in [-0.1, -0.05) is 96.1 Å². The zero-order valence-electron chi connectivity index (χ0n) is 28.1. The molecule has 0 radical (unpaired) electrons. The average Bonchev–Trinajstić information content (AvgIpc) is 3.09. The third kappa shape index (κ3) is 7.59. The van der Waals surface area contributed by atoms with Crippen molar-refractivity contribution < 1.29 is 21.6 Å². The Labute approximate surface area is 305 Å². The molecule has 2 aliphatic carbocycles. The summed E-state index contributed by atoms with van der Waals surface area (Å²) in [6.07, 6.45) is 1.81. The van der Waals surface area contributed by atoms with Crippen molar-refractivity contribution in [2.24, 2.45) is 0 Å². The minimum atomic E-state index is -3.92. The second-order valence-electron chi connectivity index (χ2n) is 13.8. The number of benzene rings is 4. The molecule has 0 amide bonds. The smallest absolute Gasteiger partial charge is 0.240 e. The van der Waals surface area contributed by atoms with Gasteiger partial charge in [0.2, 0.25) is 20.0 Å². The molecule has 6 unspecified atom stereocenters. The van der Waals surface area contributed by atoms with Crippen molar-refractivity contribution in [3.05, 3.63) is 131 Å². The summed E-state index contributed by atoms with van der Waals surface area (Å²) < 4.78 is 59.8. The first-order valence-electron chi connectivity index (χ1n) is 16.9. The Kier molecular flexibility index (Phi) is 10.7. The van der Waals surface area contributed by atoms with E-state index in [1.807, 2.05) is 74.5 Å². The fourth-order valence-electron chi connectivity index (χ4n) is 7.69. The quantitative estimate of drug-likeness (QED) is 0.161. The number of ketones is 1. The van der Waals surface area contributed by atoms with Crippen LogP contribution in [0, 0.1) is 13.8 Å². The number of aryl methyl sites for hydroxylation is 2. The molecule has 2 N–H and O–H groups in total. The van der Waals surface area contributed by atoms with Crippen LogP contribution >= 0.6 is 23.2 Å². The molecule has 4 aromatic carbocycles. The molecule has 50 heavy (non-hydrogen) atoms. The topological polar surface area (TPSA) is 109 Å². The Morgan fingerprint density at radius 3 is 1.24 bits per heavy atom. The summed E-state index contributed by atoms with van der Waals surface area (Å²) in [5.41, 5.74) is 3.59. The summed E-state index contributed by atoms with van der Waals surface area (Å²) in [7, 11) is -7.83. The van der Waals surface area contributed by atoms with Gasteiger partial charge in [0.1, 0.15) is 9.75 Å². The highest BCUT2D eigenvalue weighted by atomic mass is 35.5. The zero-order chi connectivity index (χ0) is 35.7. The van der Waals surface area contributed by atoms with Gasteiger partial charge >= 0.3 is 0 Å². The maximum absolute atomic E-state index is 15.4. The van der Waals surface area contributed by atoms with Gasteiger partial charge in [-0.3, -0.25) is 4.79 Å². The fraction of sp³-hybridized carbons (Fsp3) is 0.359. The molecule has 2 fully saturated rings. The normalized spacial score (nSPS) is 27.4. The first-order valence-corrected chi connectivity index (χ1v) is 20.6. The van der Waals surface area contributed by atoms with Crippen molar-refractivity contribution >= 4 is 49.0 Å². The number of hydrogen-bond donors (Lipinski definition) is 2. The summed E-state index contributed by atoms with van der Waals surface area (Å²) in [6, 6.07) is 31.0. The van der Waals surface area contributed by atoms with E-state index in [2.05, 4.69) is 9.44 Å². The second kappa shape index (κ2) is 14.5. The van der Waals surface area contributed by atoms with Gasteiger partial charge in [-0.15, -0.1) is 23.2 Å². The van der Waals surface area contributed by atoms with Gasteiger partial charge in [0.15, 0.2) is 5.78 Å². The summed E-state index contributed by atoms with van der Waals surface area (Å²) >= 11 is 15.4. The standard InChI is InChI=1S/C39H42Cl2N2O5S2/c1-27-13-19-33(20-14-27)49(45,46)42-31-17-23-35(29-9-5-3-6-10-29)38(40,25-31)37(44)39(41)26-32(18-24-36(39)30-11-7-4-8-12-30)43-50(47,48)34-21-15-28(2)16-22-34/h3-16,19-22,31-32,35-36,42-43H,17-18,23-26H2,1-2H3. The maximum atomic E-state index is 15.4. The molecule has 11 heteroatoms. The molecular weight excluding hydrogens is 711 g/mol. The molecule has 2 saturated carbocycles. The average molecular weight is 754 g/mol. The number of carbonyl (C=O) groups is 1. The summed E-state index contributed by atoms with van der Waals surface area (Å²) in [5.74, 6) is -1.35. The lowest BCUT2D eigenvalue weighted by molar-refractivity contribution is -0.127. The lowest BCUT2D eigenvalue weighted by Gasteiger charge is -2.49. The fourth-order valence-corrected chi connectivity index (χ4v) is 11.5. The van der Waals surface area contributed by atoms with Crippen molar-refractivity contribution in [1.29, 1.82) is 0 Å². The molecule has 2 aliphatic rings. The molecule has 0 bridgehead atoms. The highest BCUT2D eigenvalue weighted by molar-refractivity contribution is 7.89. The molecule has 6 atom stereocenters. The monoisotopic (exact) mass is 752 g/mol. The van der Waals surface area contributed by atoms with E-state index in [4.69, 9.17) is 23.2 Å². The third-order valence-corrected chi connectivity index (χ3v) is 14.5. The zero-order valence-corrected chi connectivity index (χ0v) is 31.2. The molecule has 0 heterocycles. The van der Waals surface area contributed by atoms with Crippen molar-refractivity contribution in [2.45, 2.75) is 95.8 Å². The molecule has 0 saturated heterocycles. The maximum Gasteiger partial charge on any atom is 0.240 e. The summed E-state index contributed by atoms with van der Waals surface area (Å²) in [4.78, 5) is 12.4. The van der Waals surface area contributed by atoms with Crippen LogP contribution < -0.4 is 9.44 Å². The number of halogens is 2. The Hall–Kier alpha value is -3.05. The largest absolute Gasteiger partial charge is 0.296 e. The second-order valence-corrected chi connectivity index (χ2v) is 18.6. The van der Waals surface area contributed by atoms with Crippen LogP contribution in [0.5, 0.6) is 0 Å². The molecule has 264 valence electrons. The minimum absolute atomic E-state index is 0.00772. The lowest BCUT2D eigenvalue weighted by atomic mass is 9.63. The van der Waals surface area contributed by atoms with Gasteiger partial charge in [-0.2, -0.15) is 0 Å². The van der Waals surface area contributed by atoms with Gasteiger partial charge < -0.3 is 0 Å². The number of nitrogens with one attached hydrogen (secondary N) is 2. The van der Waals surface area contributed by atoms with Gasteiger partial charge in [-0.25, -0.2) is 26.3 Å². The lowest BCUT2D eigenvalue weighted by Crippen LogP contribution is -2.60. The Bertz CT molecular complexity index is 1880. The Morgan fingerprint density at radius 2 is 0.900 bits per heavy atom. The van der Waals surface area contributed by atoms with Crippen LogP contribution in [0.25, 0.3) is 0 Å². The molecule has 0 aliphatic heterocycles. The van der Waals surface area contributed by atoms with Crippen LogP contribution in [0.1, 0.15) is 72.6 Å². The van der Waals surface area contributed by atoms with E-state index in [1.165, 1.54) is 0 Å². The van der Waals surface area contributed by atoms with Gasteiger partial charge in [0.05, 0.1) is 9.79 Å². The molecule has 7 nitrogen and oxygen atoms in total. The van der Waals surface area contributed by atoms with Crippen LogP contribution in [0.4, 0.5) is 0 Å². The van der Waals surface area contributed by atoms with E-state index in [0.717, 1.165) is 22.3 Å². The minimum Gasteiger partial charge on any atom is -0.296 e. The number of sulfonamides is 2. The van der Waals surface area contributed by atoms with E-state index in [9.17, 15) is 16.8 Å². The van der Waals surface area contributed by atoms with E-state index in [-0.39, 0.29) is 22.6 Å². The first-order chi connectivity index (χ1) is 23.7. The summed E-state index contributed by atoms with van der Waals surface area (Å²) in [6.45, 7) is 3.77. The van der Waals surface area contributed by atoms with Gasteiger partial charge in [0.25, 0.3) is 0 Å². The van der Waals surface area contributed by atoms with E-state index >= 15 is 4.79 Å². The van der Waals surface area contributed by atoms with Crippen molar-refractivity contribution in [3.8, 4) is 0 Å². The van der Waals surface area contributed by atoms with Crippen molar-refractivity contribution in [3.63, 3.8) is 0 Å². The first kappa shape index (κ1) is 36.7. The van der Waals surface area contributed by atoms with Gasteiger partial charge in [-0.05, 0) is 87.8 Å². The van der Waals surface area contributed by atoms with Gasteiger partial charge in [0, 0.05) is 23.9 Å². The molecule has 6 rings (SSSR count). The highest BCUT2D eigenvalue weighted by Crippen LogP contribution is 2.55. The number of Topliss-reactive ketones (excluding diaryl/α,β-unsaturated/α-hetero) is 1. The van der Waals surface area contributed by atoms with E-state index in [0.29, 0.717) is 25.7 Å². The van der Waals surface area contributed by atoms with Crippen molar-refractivity contribution in [1.82, 2.24) is 9.44 Å². The molecule has 0 aromatic heterocycles. The predicted molar refractivity (Wildman–Crippen MR) is 199 cm³/mol. The Morgan fingerprint density at radius 1 is 0.560 bits per heavy atom. The van der Waals surface area contributed by atoms with E-state index in [1.54, 1.807) is 48.5 Å². The SMILES string of the molecule is Cc1ccc(S(=O)(=O)NC2CCC(c3ccccc3)C(Cl)(C(=O)C3(Cl)CC(NS(=O)(=O)c4ccc(C)cc4)CCC3c3ccccc3)C2)cc1. The molecular formula is C39H42Cl2N2O5S2. The Balaban J connectivity index is 1.37. The molecule has 0 spiro atoms. The third-order valence-electron chi connectivity index (χ3n) is 10.3. The number of rotatable bonds is 10. The number of hydrogen-bond acceptors (Lipinski definition) is 5. The predicted octanol–water partition coefficient (Wildman–Crippen LogP) is 7.76. The van der Waals surface area contributed by atoms with Crippen LogP contribution in [0.3, 0.4) is 0 Å². The van der Waals surface area contributed by atoms with Crippen LogP contribution in [-0.4, -0.2) is 44.5 Å². The van der Waals surface area contributed by atoms with E-state index < -0.39 is 59.5 Å². The summed E-state index contributed by atoms with van der Waals surface area (Å²) in [5, 5.41) is 0. The van der Waals surface area contributed by atoms with Crippen LogP contribution in [0.15, 0.2) is 119 Å².